The minimum absolute atomic E-state index is 0.0633. The maximum absolute atomic E-state index is 12.0. The van der Waals surface area contributed by atoms with E-state index in [4.69, 9.17) is 5.73 Å². The highest BCUT2D eigenvalue weighted by Crippen LogP contribution is 2.19. The van der Waals surface area contributed by atoms with E-state index in [1.54, 1.807) is 24.3 Å². The van der Waals surface area contributed by atoms with E-state index in [1.807, 2.05) is 13.8 Å². The molecule has 0 aliphatic heterocycles. The lowest BCUT2D eigenvalue weighted by molar-refractivity contribution is -0.118. The van der Waals surface area contributed by atoms with Crippen LogP contribution in [0.3, 0.4) is 0 Å². The summed E-state index contributed by atoms with van der Waals surface area (Å²) in [7, 11) is 0. The fourth-order valence-corrected chi connectivity index (χ4v) is 1.94. The van der Waals surface area contributed by atoms with Crippen LogP contribution in [0.1, 0.15) is 43.5 Å². The van der Waals surface area contributed by atoms with Gasteiger partial charge in [0.15, 0.2) is 0 Å². The largest absolute Gasteiger partial charge is 0.349 e. The summed E-state index contributed by atoms with van der Waals surface area (Å²) in [6.45, 7) is 3.96. The first-order chi connectivity index (χ1) is 10.0. The third kappa shape index (κ3) is 4.29. The number of nitrogens with one attached hydrogen (secondary N) is 2. The maximum atomic E-state index is 12.0. The van der Waals surface area contributed by atoms with Crippen molar-refractivity contribution >= 4 is 17.5 Å². The van der Waals surface area contributed by atoms with E-state index in [2.05, 4.69) is 10.6 Å². The Morgan fingerprint density at radius 1 is 1.29 bits per heavy atom. The van der Waals surface area contributed by atoms with E-state index in [9.17, 15) is 9.59 Å². The number of carbonyl (C=O) groups excluding carboxylic acids is 2. The molecule has 1 aliphatic carbocycles. The Morgan fingerprint density at radius 3 is 2.43 bits per heavy atom. The Kier molecular flexibility index (Phi) is 4.96. The SMILES string of the molecule is CC[C@H](C)[C@H](N)C(=O)Nc1ccc(C(=O)NC2CC2)cc1. The van der Waals surface area contributed by atoms with Gasteiger partial charge in [-0.1, -0.05) is 20.3 Å². The van der Waals surface area contributed by atoms with Crippen LogP contribution in [-0.4, -0.2) is 23.9 Å². The van der Waals surface area contributed by atoms with Crippen molar-refractivity contribution in [3.63, 3.8) is 0 Å². The van der Waals surface area contributed by atoms with Gasteiger partial charge in [0, 0.05) is 17.3 Å². The molecule has 1 aromatic carbocycles. The van der Waals surface area contributed by atoms with E-state index in [0.717, 1.165) is 19.3 Å². The number of hydrogen-bond donors (Lipinski definition) is 3. The zero-order valence-corrected chi connectivity index (χ0v) is 12.6. The van der Waals surface area contributed by atoms with Crippen molar-refractivity contribution in [3.05, 3.63) is 29.8 Å². The zero-order valence-electron chi connectivity index (χ0n) is 12.6. The van der Waals surface area contributed by atoms with Crippen molar-refractivity contribution in [2.45, 2.75) is 45.2 Å². The van der Waals surface area contributed by atoms with Crippen molar-refractivity contribution in [1.82, 2.24) is 5.32 Å². The van der Waals surface area contributed by atoms with Crippen LogP contribution >= 0.6 is 0 Å². The first-order valence-corrected chi connectivity index (χ1v) is 7.48. The molecule has 21 heavy (non-hydrogen) atoms. The third-order valence-electron chi connectivity index (χ3n) is 3.89. The molecule has 1 fully saturated rings. The fourth-order valence-electron chi connectivity index (χ4n) is 1.94. The molecule has 1 saturated carbocycles. The molecule has 4 N–H and O–H groups in total. The topological polar surface area (TPSA) is 84.2 Å². The molecule has 2 atom stereocenters. The Morgan fingerprint density at radius 2 is 1.90 bits per heavy atom. The lowest BCUT2D eigenvalue weighted by Crippen LogP contribution is -2.40. The van der Waals surface area contributed by atoms with Gasteiger partial charge in [0.25, 0.3) is 5.91 Å². The van der Waals surface area contributed by atoms with Gasteiger partial charge in [-0.3, -0.25) is 9.59 Å². The van der Waals surface area contributed by atoms with Crippen LogP contribution in [0.15, 0.2) is 24.3 Å². The monoisotopic (exact) mass is 289 g/mol. The van der Waals surface area contributed by atoms with Crippen molar-refractivity contribution < 1.29 is 9.59 Å². The summed E-state index contributed by atoms with van der Waals surface area (Å²) in [5.41, 5.74) is 7.14. The molecule has 114 valence electrons. The molecule has 1 aliphatic rings. The quantitative estimate of drug-likeness (QED) is 0.747. The first kappa shape index (κ1) is 15.5. The predicted octanol–water partition coefficient (Wildman–Crippen LogP) is 1.89. The van der Waals surface area contributed by atoms with Crippen molar-refractivity contribution in [1.29, 1.82) is 0 Å². The van der Waals surface area contributed by atoms with E-state index in [1.165, 1.54) is 0 Å². The summed E-state index contributed by atoms with van der Waals surface area (Å²) in [6.07, 6.45) is 2.98. The molecule has 0 saturated heterocycles. The van der Waals surface area contributed by atoms with Gasteiger partial charge in [-0.25, -0.2) is 0 Å². The van der Waals surface area contributed by atoms with Gasteiger partial charge in [-0.05, 0) is 43.0 Å². The van der Waals surface area contributed by atoms with Crippen LogP contribution in [0.2, 0.25) is 0 Å². The van der Waals surface area contributed by atoms with Gasteiger partial charge in [0.2, 0.25) is 5.91 Å². The van der Waals surface area contributed by atoms with Gasteiger partial charge in [0.1, 0.15) is 0 Å². The number of benzene rings is 1. The second-order valence-electron chi connectivity index (χ2n) is 5.73. The van der Waals surface area contributed by atoms with Gasteiger partial charge >= 0.3 is 0 Å². The molecule has 0 heterocycles. The van der Waals surface area contributed by atoms with Crippen LogP contribution in [0, 0.1) is 5.92 Å². The summed E-state index contributed by atoms with van der Waals surface area (Å²) in [4.78, 5) is 23.8. The maximum Gasteiger partial charge on any atom is 0.251 e. The number of anilines is 1. The molecule has 5 nitrogen and oxygen atoms in total. The van der Waals surface area contributed by atoms with Crippen molar-refractivity contribution in [3.8, 4) is 0 Å². The van der Waals surface area contributed by atoms with E-state index in [0.29, 0.717) is 17.3 Å². The molecule has 5 heteroatoms. The molecular weight excluding hydrogens is 266 g/mol. The van der Waals surface area contributed by atoms with Crippen LogP contribution in [-0.2, 0) is 4.79 Å². The summed E-state index contributed by atoms with van der Waals surface area (Å²) >= 11 is 0. The third-order valence-corrected chi connectivity index (χ3v) is 3.89. The highest BCUT2D eigenvalue weighted by atomic mass is 16.2. The van der Waals surface area contributed by atoms with Gasteiger partial charge in [-0.15, -0.1) is 0 Å². The van der Waals surface area contributed by atoms with Crippen LogP contribution in [0.4, 0.5) is 5.69 Å². The molecule has 2 amide bonds. The molecule has 1 aromatic rings. The summed E-state index contributed by atoms with van der Waals surface area (Å²) < 4.78 is 0. The fraction of sp³-hybridized carbons (Fsp3) is 0.500. The molecule has 0 spiro atoms. The average Bonchev–Trinajstić information content (AvgIpc) is 3.30. The van der Waals surface area contributed by atoms with E-state index >= 15 is 0 Å². The Bertz CT molecular complexity index is 509. The summed E-state index contributed by atoms with van der Waals surface area (Å²) in [6, 6.07) is 6.69. The van der Waals surface area contributed by atoms with E-state index < -0.39 is 6.04 Å². The lowest BCUT2D eigenvalue weighted by Gasteiger charge is -2.17. The van der Waals surface area contributed by atoms with Gasteiger partial charge in [-0.2, -0.15) is 0 Å². The normalized spacial score (nSPS) is 16.9. The number of carbonyl (C=O) groups is 2. The highest BCUT2D eigenvalue weighted by molar-refractivity contribution is 5.97. The molecule has 0 unspecified atom stereocenters. The predicted molar refractivity (Wildman–Crippen MR) is 83.0 cm³/mol. The number of nitrogens with two attached hydrogens (primary N) is 1. The smallest absolute Gasteiger partial charge is 0.251 e. The Hall–Kier alpha value is -1.88. The first-order valence-electron chi connectivity index (χ1n) is 7.48. The van der Waals surface area contributed by atoms with Crippen LogP contribution in [0.25, 0.3) is 0 Å². The Balaban J connectivity index is 1.92. The minimum Gasteiger partial charge on any atom is -0.349 e. The summed E-state index contributed by atoms with van der Waals surface area (Å²) in [5, 5.41) is 5.71. The van der Waals surface area contributed by atoms with Crippen LogP contribution in [0.5, 0.6) is 0 Å². The van der Waals surface area contributed by atoms with Gasteiger partial charge < -0.3 is 16.4 Å². The second-order valence-corrected chi connectivity index (χ2v) is 5.73. The standard InChI is InChI=1S/C16H23N3O2/c1-3-10(2)14(17)16(21)19-12-6-4-11(5-7-12)15(20)18-13-8-9-13/h4-7,10,13-14H,3,8-9,17H2,1-2H3,(H,18,20)(H,19,21)/t10-,14-/m0/s1. The van der Waals surface area contributed by atoms with E-state index in [-0.39, 0.29) is 17.7 Å². The Labute approximate surface area is 125 Å². The number of amides is 2. The number of hydrogen-bond acceptors (Lipinski definition) is 3. The molecule has 2 rings (SSSR count). The molecule has 0 radical (unpaired) electrons. The average molecular weight is 289 g/mol. The van der Waals surface area contributed by atoms with Crippen LogP contribution < -0.4 is 16.4 Å². The number of rotatable bonds is 6. The van der Waals surface area contributed by atoms with Crippen molar-refractivity contribution in [2.24, 2.45) is 11.7 Å². The lowest BCUT2D eigenvalue weighted by atomic mass is 9.99. The highest BCUT2D eigenvalue weighted by Gasteiger charge is 2.24. The second kappa shape index (κ2) is 6.72. The molecule has 0 bridgehead atoms. The minimum atomic E-state index is -0.521. The summed E-state index contributed by atoms with van der Waals surface area (Å²) in [5.74, 6) is -0.125. The molecule has 0 aromatic heterocycles. The van der Waals surface area contributed by atoms with Gasteiger partial charge in [0.05, 0.1) is 6.04 Å². The van der Waals surface area contributed by atoms with Crippen molar-refractivity contribution in [2.75, 3.05) is 5.32 Å². The zero-order chi connectivity index (χ0) is 15.4. The molecular formula is C16H23N3O2.